The van der Waals surface area contributed by atoms with Crippen molar-refractivity contribution in [1.29, 1.82) is 0 Å². The summed E-state index contributed by atoms with van der Waals surface area (Å²) in [5, 5.41) is 2.90. The van der Waals surface area contributed by atoms with Gasteiger partial charge in [0.25, 0.3) is 5.91 Å². The van der Waals surface area contributed by atoms with Gasteiger partial charge in [-0.25, -0.2) is 0 Å². The molecule has 2 aromatic rings. The van der Waals surface area contributed by atoms with Gasteiger partial charge in [0.05, 0.1) is 0 Å². The number of hydrogen-bond acceptors (Lipinski definition) is 4. The van der Waals surface area contributed by atoms with Crippen LogP contribution in [0.15, 0.2) is 48.5 Å². The maximum absolute atomic E-state index is 12.3. The maximum Gasteiger partial charge on any atom is 0.262 e. The molecule has 0 bridgehead atoms. The minimum absolute atomic E-state index is 0.0159. The third-order valence-corrected chi connectivity index (χ3v) is 6.78. The Labute approximate surface area is 196 Å². The number of nitrogens with one attached hydrogen (secondary N) is 1. The first-order chi connectivity index (χ1) is 16.1. The number of rotatable bonds is 7. The van der Waals surface area contributed by atoms with E-state index in [0.717, 1.165) is 43.3 Å². The maximum atomic E-state index is 12.3. The molecule has 6 heteroatoms. The topological polar surface area (TPSA) is 61.9 Å². The van der Waals surface area contributed by atoms with Crippen molar-refractivity contribution < 1.29 is 14.3 Å². The van der Waals surface area contributed by atoms with E-state index in [1.54, 1.807) is 0 Å². The summed E-state index contributed by atoms with van der Waals surface area (Å²) in [6.45, 7) is 5.04. The van der Waals surface area contributed by atoms with Gasteiger partial charge < -0.3 is 19.9 Å². The van der Waals surface area contributed by atoms with E-state index in [9.17, 15) is 9.59 Å². The van der Waals surface area contributed by atoms with Crippen molar-refractivity contribution in [3.8, 4) is 5.75 Å². The quantitative estimate of drug-likeness (QED) is 0.659. The number of carbonyl (C=O) groups is 2. The van der Waals surface area contributed by atoms with Crippen LogP contribution in [-0.4, -0.2) is 49.5 Å². The van der Waals surface area contributed by atoms with Crippen molar-refractivity contribution in [3.63, 3.8) is 0 Å². The van der Waals surface area contributed by atoms with E-state index in [4.69, 9.17) is 4.74 Å². The van der Waals surface area contributed by atoms with Crippen LogP contribution in [0.2, 0.25) is 0 Å². The van der Waals surface area contributed by atoms with Crippen LogP contribution in [0.25, 0.3) is 0 Å². The minimum atomic E-state index is -0.175. The van der Waals surface area contributed by atoms with E-state index in [-0.39, 0.29) is 18.4 Å². The number of nitrogens with zero attached hydrogens (tertiary/aromatic N) is 2. The van der Waals surface area contributed by atoms with Crippen molar-refractivity contribution in [2.45, 2.75) is 51.4 Å². The van der Waals surface area contributed by atoms with Crippen molar-refractivity contribution in [2.75, 3.05) is 43.0 Å². The molecule has 1 aliphatic carbocycles. The molecule has 33 heavy (non-hydrogen) atoms. The van der Waals surface area contributed by atoms with Gasteiger partial charge in [0.2, 0.25) is 5.91 Å². The Bertz CT molecular complexity index is 913. The number of anilines is 2. The second-order valence-corrected chi connectivity index (χ2v) is 9.01. The van der Waals surface area contributed by atoms with Crippen LogP contribution < -0.4 is 15.0 Å². The summed E-state index contributed by atoms with van der Waals surface area (Å²) in [6.07, 6.45) is 7.10. The molecule has 6 nitrogen and oxygen atoms in total. The third-order valence-electron chi connectivity index (χ3n) is 6.78. The second-order valence-electron chi connectivity index (χ2n) is 9.01. The highest BCUT2D eigenvalue weighted by atomic mass is 16.5. The summed E-state index contributed by atoms with van der Waals surface area (Å²) in [4.78, 5) is 28.4. The molecule has 0 aromatic heterocycles. The molecule has 4 rings (SSSR count). The van der Waals surface area contributed by atoms with Gasteiger partial charge in [-0.3, -0.25) is 9.59 Å². The Balaban J connectivity index is 1.22. The zero-order valence-electron chi connectivity index (χ0n) is 19.6. The summed E-state index contributed by atoms with van der Waals surface area (Å²) in [5.74, 6) is 1.43. The highest BCUT2D eigenvalue weighted by molar-refractivity contribution is 5.92. The molecule has 1 heterocycles. The molecule has 1 saturated heterocycles. The standard InChI is InChI=1S/C27H35N3O3/c1-2-27(32)30-18-16-29(17-19-30)24-12-10-23(11-13-24)28-26(31)20-33-25-14-8-22(9-15-25)21-6-4-3-5-7-21/h8-15,21H,2-7,16-20H2,1H3,(H,28,31). The molecule has 176 valence electrons. The Kier molecular flexibility index (Phi) is 7.87. The number of hydrogen-bond donors (Lipinski definition) is 1. The fourth-order valence-corrected chi connectivity index (χ4v) is 4.81. The number of amides is 2. The highest BCUT2D eigenvalue weighted by Gasteiger charge is 2.20. The lowest BCUT2D eigenvalue weighted by Gasteiger charge is -2.36. The second kappa shape index (κ2) is 11.2. The Morgan fingerprint density at radius 1 is 0.909 bits per heavy atom. The van der Waals surface area contributed by atoms with E-state index < -0.39 is 0 Å². The minimum Gasteiger partial charge on any atom is -0.484 e. The summed E-state index contributed by atoms with van der Waals surface area (Å²) in [5.41, 5.74) is 3.23. The van der Waals surface area contributed by atoms with Crippen LogP contribution in [-0.2, 0) is 9.59 Å². The summed E-state index contributed by atoms with van der Waals surface area (Å²) in [7, 11) is 0. The SMILES string of the molecule is CCC(=O)N1CCN(c2ccc(NC(=O)COc3ccc(C4CCCCC4)cc3)cc2)CC1. The lowest BCUT2D eigenvalue weighted by atomic mass is 9.84. The van der Waals surface area contributed by atoms with Gasteiger partial charge in [-0.05, 0) is 60.7 Å². The van der Waals surface area contributed by atoms with Gasteiger partial charge in [-0.15, -0.1) is 0 Å². The van der Waals surface area contributed by atoms with E-state index >= 15 is 0 Å². The summed E-state index contributed by atoms with van der Waals surface area (Å²) in [6, 6.07) is 16.1. The average Bonchev–Trinajstić information content (AvgIpc) is 2.88. The van der Waals surface area contributed by atoms with Crippen LogP contribution in [0.5, 0.6) is 5.75 Å². The molecule has 2 amide bonds. The molecule has 2 aliphatic rings. The van der Waals surface area contributed by atoms with Gasteiger partial charge in [-0.2, -0.15) is 0 Å². The summed E-state index contributed by atoms with van der Waals surface area (Å²) >= 11 is 0. The molecule has 2 fully saturated rings. The lowest BCUT2D eigenvalue weighted by Crippen LogP contribution is -2.48. The zero-order valence-corrected chi connectivity index (χ0v) is 19.6. The van der Waals surface area contributed by atoms with Gasteiger partial charge in [0.15, 0.2) is 6.61 Å². The smallest absolute Gasteiger partial charge is 0.262 e. The van der Waals surface area contributed by atoms with Crippen molar-refractivity contribution in [3.05, 3.63) is 54.1 Å². The normalized spacial score (nSPS) is 17.0. The van der Waals surface area contributed by atoms with Crippen LogP contribution in [0, 0.1) is 0 Å². The number of ether oxygens (including phenoxy) is 1. The predicted octanol–water partition coefficient (Wildman–Crippen LogP) is 4.81. The first kappa shape index (κ1) is 23.1. The van der Waals surface area contributed by atoms with Crippen molar-refractivity contribution in [1.82, 2.24) is 4.90 Å². The first-order valence-electron chi connectivity index (χ1n) is 12.3. The first-order valence-corrected chi connectivity index (χ1v) is 12.3. The summed E-state index contributed by atoms with van der Waals surface area (Å²) < 4.78 is 5.69. The van der Waals surface area contributed by atoms with Crippen molar-refractivity contribution >= 4 is 23.2 Å². The molecule has 1 saturated carbocycles. The fraction of sp³-hybridized carbons (Fsp3) is 0.481. The average molecular weight is 450 g/mol. The van der Waals surface area contributed by atoms with Gasteiger partial charge in [-0.1, -0.05) is 38.3 Å². The Hall–Kier alpha value is -3.02. The highest BCUT2D eigenvalue weighted by Crippen LogP contribution is 2.33. The Morgan fingerprint density at radius 2 is 1.58 bits per heavy atom. The van der Waals surface area contributed by atoms with Gasteiger partial charge >= 0.3 is 0 Å². The largest absolute Gasteiger partial charge is 0.484 e. The van der Waals surface area contributed by atoms with Crippen LogP contribution in [0.4, 0.5) is 11.4 Å². The van der Waals surface area contributed by atoms with Crippen molar-refractivity contribution in [2.24, 2.45) is 0 Å². The molecular formula is C27H35N3O3. The van der Waals surface area contributed by atoms with Crippen LogP contribution in [0.3, 0.4) is 0 Å². The molecule has 2 aromatic carbocycles. The molecule has 0 radical (unpaired) electrons. The van der Waals surface area contributed by atoms with E-state index in [0.29, 0.717) is 12.3 Å². The Morgan fingerprint density at radius 3 is 2.21 bits per heavy atom. The molecule has 1 aliphatic heterocycles. The molecular weight excluding hydrogens is 414 g/mol. The molecule has 0 atom stereocenters. The molecule has 0 spiro atoms. The molecule has 1 N–H and O–H groups in total. The van der Waals surface area contributed by atoms with Gasteiger partial charge in [0.1, 0.15) is 5.75 Å². The number of benzene rings is 2. The van der Waals surface area contributed by atoms with E-state index in [1.165, 1.54) is 37.7 Å². The number of carbonyl (C=O) groups excluding carboxylic acids is 2. The van der Waals surface area contributed by atoms with Crippen LogP contribution in [0.1, 0.15) is 56.9 Å². The van der Waals surface area contributed by atoms with Crippen LogP contribution >= 0.6 is 0 Å². The number of piperazine rings is 1. The van der Waals surface area contributed by atoms with E-state index in [1.807, 2.05) is 48.2 Å². The fourth-order valence-electron chi connectivity index (χ4n) is 4.81. The molecule has 0 unspecified atom stereocenters. The third kappa shape index (κ3) is 6.28. The predicted molar refractivity (Wildman–Crippen MR) is 132 cm³/mol. The lowest BCUT2D eigenvalue weighted by molar-refractivity contribution is -0.131. The zero-order chi connectivity index (χ0) is 23.0. The van der Waals surface area contributed by atoms with E-state index in [2.05, 4.69) is 22.3 Å². The monoisotopic (exact) mass is 449 g/mol. The van der Waals surface area contributed by atoms with Gasteiger partial charge in [0, 0.05) is 44.0 Å².